The lowest BCUT2D eigenvalue weighted by molar-refractivity contribution is -0.422. The molecule has 0 aromatic heterocycles. The molecular formula is C21H24F26O2Si3. The number of hydrogen-bond donors (Lipinski definition) is 0. The van der Waals surface area contributed by atoms with Crippen LogP contribution in [0.3, 0.4) is 0 Å². The average Bonchev–Trinajstić information content (AvgIpc) is 2.90. The van der Waals surface area contributed by atoms with E-state index in [1.165, 1.54) is 0 Å². The number of halogens is 26. The highest BCUT2D eigenvalue weighted by atomic mass is 28.4. The standard InChI is InChI=1S/C21H24F26O2Si3/c1-8(22)10(24,25)12(28,29)14(32,33)16(36,37)18(40,41)20(44,45)51(4,5)48-50(3)49-52(6,7)21(46,47)19(42,43)17(38,39)15(34,35)13(30,31)11(26,27)9(2)23/h8-9,50H,1-7H3. The Bertz CT molecular complexity index is 1170. The predicted molar refractivity (Wildman–Crippen MR) is 131 cm³/mol. The third-order valence-corrected chi connectivity index (χ3v) is 18.4. The van der Waals surface area contributed by atoms with Gasteiger partial charge in [-0.1, -0.05) is 0 Å². The van der Waals surface area contributed by atoms with Gasteiger partial charge in [0.1, 0.15) is 0 Å². The summed E-state index contributed by atoms with van der Waals surface area (Å²) in [4.78, 5) is 0. The lowest BCUT2D eigenvalue weighted by Gasteiger charge is -2.46. The zero-order valence-corrected chi connectivity index (χ0v) is 29.5. The zero-order valence-electron chi connectivity index (χ0n) is 26.4. The van der Waals surface area contributed by atoms with Crippen molar-refractivity contribution in [2.75, 3.05) is 0 Å². The van der Waals surface area contributed by atoms with Crippen LogP contribution in [0.15, 0.2) is 0 Å². The minimum absolute atomic E-state index is 0.0138. The maximum absolute atomic E-state index is 14.9. The van der Waals surface area contributed by atoms with Crippen LogP contribution >= 0.6 is 0 Å². The Balaban J connectivity index is 6.88. The molecular weight excluding hydrogens is 862 g/mol. The molecule has 0 spiro atoms. The van der Waals surface area contributed by atoms with Gasteiger partial charge in [0.25, 0.3) is 25.9 Å². The summed E-state index contributed by atoms with van der Waals surface area (Å²) in [7, 11) is -18.4. The molecule has 0 amide bonds. The molecule has 2 unspecified atom stereocenters. The quantitative estimate of drug-likeness (QED) is 0.101. The molecule has 0 aromatic rings. The molecule has 0 fully saturated rings. The van der Waals surface area contributed by atoms with Gasteiger partial charge in [-0.15, -0.1) is 0 Å². The first-order chi connectivity index (χ1) is 22.0. The first-order valence-electron chi connectivity index (χ1n) is 13.2. The fourth-order valence-corrected chi connectivity index (χ4v) is 14.1. The second kappa shape index (κ2) is 13.5. The molecule has 0 saturated heterocycles. The van der Waals surface area contributed by atoms with Crippen molar-refractivity contribution in [2.45, 2.75) is 129 Å². The normalized spacial score (nSPS) is 18.4. The van der Waals surface area contributed by atoms with Gasteiger partial charge < -0.3 is 8.23 Å². The van der Waals surface area contributed by atoms with Crippen molar-refractivity contribution in [1.82, 2.24) is 0 Å². The summed E-state index contributed by atoms with van der Waals surface area (Å²) in [5.41, 5.74) is -14.0. The van der Waals surface area contributed by atoms with Crippen LogP contribution in [0, 0.1) is 0 Å². The second-order valence-electron chi connectivity index (χ2n) is 12.0. The van der Waals surface area contributed by atoms with Gasteiger partial charge in [-0.2, -0.15) is 87.8 Å². The topological polar surface area (TPSA) is 18.5 Å². The van der Waals surface area contributed by atoms with Crippen LogP contribution in [-0.2, 0) is 8.23 Å². The summed E-state index contributed by atoms with van der Waals surface area (Å²) in [6, 6.07) is 0. The molecule has 0 bridgehead atoms. The van der Waals surface area contributed by atoms with E-state index in [1.54, 1.807) is 0 Å². The molecule has 0 aliphatic carbocycles. The van der Waals surface area contributed by atoms with Crippen LogP contribution in [0.4, 0.5) is 114 Å². The Morgan fingerprint density at radius 2 is 0.538 bits per heavy atom. The second-order valence-corrected chi connectivity index (χ2v) is 22.4. The van der Waals surface area contributed by atoms with E-state index < -0.39 is 149 Å². The van der Waals surface area contributed by atoms with Gasteiger partial charge in [0, 0.05) is 0 Å². The Hall–Kier alpha value is -1.25. The predicted octanol–water partition coefficient (Wildman–Crippen LogP) is 10.7. The van der Waals surface area contributed by atoms with E-state index in [4.69, 9.17) is 0 Å². The SMILES string of the molecule is CC(F)C(F)(F)C(F)(F)C(F)(F)C(F)(F)C(F)(F)C(F)(F)[Si](C)(C)O[SiH](C)O[Si](C)(C)C(F)(F)C(F)(F)C(F)(F)C(F)(F)C(F)(F)C(F)(F)C(C)F. The van der Waals surface area contributed by atoms with E-state index >= 15 is 0 Å². The number of rotatable bonds is 18. The summed E-state index contributed by atoms with van der Waals surface area (Å²) in [5.74, 6) is -78.8. The number of alkyl halides is 26. The minimum atomic E-state index is -8.32. The summed E-state index contributed by atoms with van der Waals surface area (Å²) in [6.07, 6.45) is -9.06. The van der Waals surface area contributed by atoms with E-state index in [2.05, 4.69) is 8.23 Å². The van der Waals surface area contributed by atoms with Crippen LogP contribution in [-0.4, -0.2) is 109 Å². The van der Waals surface area contributed by atoms with Crippen molar-refractivity contribution >= 4 is 25.9 Å². The van der Waals surface area contributed by atoms with Gasteiger partial charge in [-0.05, 0) is 46.6 Å². The molecule has 0 heterocycles. The molecule has 0 aromatic carbocycles. The van der Waals surface area contributed by atoms with Crippen LogP contribution in [0.1, 0.15) is 13.8 Å². The molecule has 0 rings (SSSR count). The average molecular weight is 887 g/mol. The molecule has 0 saturated carbocycles. The lowest BCUT2D eigenvalue weighted by Crippen LogP contribution is -2.76. The van der Waals surface area contributed by atoms with Crippen molar-refractivity contribution < 1.29 is 122 Å². The van der Waals surface area contributed by atoms with E-state index in [0.717, 1.165) is 0 Å². The van der Waals surface area contributed by atoms with Gasteiger partial charge in [0.2, 0.25) is 0 Å². The van der Waals surface area contributed by atoms with Gasteiger partial charge >= 0.3 is 70.3 Å². The zero-order chi connectivity index (χ0) is 43.1. The third kappa shape index (κ3) is 6.71. The van der Waals surface area contributed by atoms with Crippen molar-refractivity contribution in [1.29, 1.82) is 0 Å². The van der Waals surface area contributed by atoms with Gasteiger partial charge in [0.05, 0.1) is 0 Å². The summed E-state index contributed by atoms with van der Waals surface area (Å²) in [6.45, 7) is -3.17. The summed E-state index contributed by atoms with van der Waals surface area (Å²) >= 11 is 0. The molecule has 2 nitrogen and oxygen atoms in total. The fraction of sp³-hybridized carbons (Fsp3) is 1.00. The lowest BCUT2D eigenvalue weighted by atomic mass is 9.92. The van der Waals surface area contributed by atoms with Crippen LogP contribution < -0.4 is 0 Å². The molecule has 52 heavy (non-hydrogen) atoms. The summed E-state index contributed by atoms with van der Waals surface area (Å²) < 4.78 is 372. The maximum atomic E-state index is 14.9. The van der Waals surface area contributed by atoms with Gasteiger partial charge in [-0.3, -0.25) is 0 Å². The Morgan fingerprint density at radius 1 is 0.365 bits per heavy atom. The highest BCUT2D eigenvalue weighted by Crippen LogP contribution is 2.64. The highest BCUT2D eigenvalue weighted by Gasteiger charge is 2.94. The van der Waals surface area contributed by atoms with Crippen molar-refractivity contribution in [3.8, 4) is 0 Å². The van der Waals surface area contributed by atoms with Crippen LogP contribution in [0.5, 0.6) is 0 Å². The maximum Gasteiger partial charge on any atom is 0.384 e. The van der Waals surface area contributed by atoms with E-state index in [-0.39, 0.29) is 6.55 Å². The van der Waals surface area contributed by atoms with Crippen LogP contribution in [0.2, 0.25) is 32.7 Å². The van der Waals surface area contributed by atoms with E-state index in [0.29, 0.717) is 0 Å². The minimum Gasteiger partial charge on any atom is -0.434 e. The largest absolute Gasteiger partial charge is 0.434 e. The molecule has 314 valence electrons. The molecule has 0 radical (unpaired) electrons. The Labute approximate surface area is 278 Å². The highest BCUT2D eigenvalue weighted by molar-refractivity contribution is 6.83. The Morgan fingerprint density at radius 3 is 0.712 bits per heavy atom. The van der Waals surface area contributed by atoms with Crippen LogP contribution in [0.25, 0.3) is 0 Å². The molecule has 31 heteroatoms. The van der Waals surface area contributed by atoms with E-state index in [9.17, 15) is 114 Å². The summed E-state index contributed by atoms with van der Waals surface area (Å²) in [5, 5.41) is 0. The Kier molecular flexibility index (Phi) is 13.1. The van der Waals surface area contributed by atoms with Crippen molar-refractivity contribution in [2.24, 2.45) is 0 Å². The monoisotopic (exact) mass is 886 g/mol. The molecule has 0 aliphatic rings. The van der Waals surface area contributed by atoms with Crippen molar-refractivity contribution in [3.63, 3.8) is 0 Å². The van der Waals surface area contributed by atoms with Crippen molar-refractivity contribution in [3.05, 3.63) is 0 Å². The smallest absolute Gasteiger partial charge is 0.384 e. The van der Waals surface area contributed by atoms with E-state index in [1.807, 2.05) is 0 Å². The van der Waals surface area contributed by atoms with Gasteiger partial charge in [0.15, 0.2) is 12.3 Å². The fourth-order valence-electron chi connectivity index (χ4n) is 3.86. The first kappa shape index (κ1) is 50.8. The van der Waals surface area contributed by atoms with Gasteiger partial charge in [-0.25, -0.2) is 26.3 Å². The molecule has 2 atom stereocenters. The first-order valence-corrected chi connectivity index (χ1v) is 21.1. The molecule has 0 aliphatic heterocycles. The number of hydrogen-bond acceptors (Lipinski definition) is 2. The molecule has 0 N–H and O–H groups in total. The third-order valence-electron chi connectivity index (χ3n) is 7.42.